The van der Waals surface area contributed by atoms with Crippen molar-refractivity contribution < 1.29 is 0 Å². The maximum Gasteiger partial charge on any atom is 0.0323 e. The van der Waals surface area contributed by atoms with E-state index in [0.717, 1.165) is 6.54 Å². The molecule has 1 N–H and O–H groups in total. The topological polar surface area (TPSA) is 24.9 Å². The van der Waals surface area contributed by atoms with Crippen LogP contribution in [0.2, 0.25) is 0 Å². The van der Waals surface area contributed by atoms with Crippen molar-refractivity contribution in [2.24, 2.45) is 5.92 Å². The Balaban J connectivity index is 2.67. The largest absolute Gasteiger partial charge is 0.310 e. The van der Waals surface area contributed by atoms with Crippen LogP contribution in [0.15, 0.2) is 24.5 Å². The van der Waals surface area contributed by atoms with Crippen LogP contribution in [-0.2, 0) is 0 Å². The summed E-state index contributed by atoms with van der Waals surface area (Å²) >= 11 is 0. The Morgan fingerprint density at radius 2 is 1.93 bits per heavy atom. The van der Waals surface area contributed by atoms with Crippen LogP contribution in [0.4, 0.5) is 0 Å². The Kier molecular flexibility index (Phi) is 4.60. The number of nitrogens with zero attached hydrogens (tertiary/aromatic N) is 1. The third-order valence-corrected chi connectivity index (χ3v) is 2.27. The van der Waals surface area contributed by atoms with E-state index in [9.17, 15) is 0 Å². The van der Waals surface area contributed by atoms with Gasteiger partial charge >= 0.3 is 0 Å². The van der Waals surface area contributed by atoms with Crippen molar-refractivity contribution in [3.05, 3.63) is 30.1 Å². The van der Waals surface area contributed by atoms with Gasteiger partial charge in [-0.3, -0.25) is 4.98 Å². The predicted molar refractivity (Wildman–Crippen MR) is 60.1 cm³/mol. The molecule has 1 atom stereocenters. The second-order valence-electron chi connectivity index (χ2n) is 4.02. The molecular formula is C12H20N2. The summed E-state index contributed by atoms with van der Waals surface area (Å²) in [5, 5.41) is 3.50. The molecule has 0 spiro atoms. The van der Waals surface area contributed by atoms with E-state index in [1.807, 2.05) is 12.4 Å². The summed E-state index contributed by atoms with van der Waals surface area (Å²) in [5.41, 5.74) is 1.34. The van der Waals surface area contributed by atoms with Crippen LogP contribution in [0.3, 0.4) is 0 Å². The van der Waals surface area contributed by atoms with E-state index in [4.69, 9.17) is 0 Å². The minimum Gasteiger partial charge on any atom is -0.310 e. The third kappa shape index (κ3) is 3.46. The van der Waals surface area contributed by atoms with Crippen molar-refractivity contribution in [1.82, 2.24) is 10.3 Å². The number of nitrogens with one attached hydrogen (secondary N) is 1. The van der Waals surface area contributed by atoms with Crippen LogP contribution < -0.4 is 5.32 Å². The number of hydrogen-bond acceptors (Lipinski definition) is 2. The van der Waals surface area contributed by atoms with Crippen molar-refractivity contribution in [2.45, 2.75) is 33.2 Å². The predicted octanol–water partition coefficient (Wildman–Crippen LogP) is 2.78. The fraction of sp³-hybridized carbons (Fsp3) is 0.583. The van der Waals surface area contributed by atoms with Gasteiger partial charge in [0, 0.05) is 18.4 Å². The minimum atomic E-state index is 0.475. The molecule has 2 heteroatoms. The van der Waals surface area contributed by atoms with Gasteiger partial charge in [-0.15, -0.1) is 0 Å². The highest BCUT2D eigenvalue weighted by molar-refractivity contribution is 5.14. The Morgan fingerprint density at radius 1 is 1.29 bits per heavy atom. The summed E-state index contributed by atoms with van der Waals surface area (Å²) in [6.45, 7) is 7.67. The Morgan fingerprint density at radius 3 is 2.43 bits per heavy atom. The van der Waals surface area contributed by atoms with E-state index in [2.05, 4.69) is 43.2 Å². The summed E-state index contributed by atoms with van der Waals surface area (Å²) in [5.74, 6) is 0.715. The third-order valence-electron chi connectivity index (χ3n) is 2.27. The van der Waals surface area contributed by atoms with Gasteiger partial charge in [-0.1, -0.05) is 20.8 Å². The minimum absolute atomic E-state index is 0.475. The molecule has 14 heavy (non-hydrogen) atoms. The molecule has 0 bridgehead atoms. The Labute approximate surface area is 86.8 Å². The number of rotatable bonds is 5. The van der Waals surface area contributed by atoms with Gasteiger partial charge in [-0.2, -0.15) is 0 Å². The Hall–Kier alpha value is -0.890. The van der Waals surface area contributed by atoms with Gasteiger partial charge in [0.15, 0.2) is 0 Å². The highest BCUT2D eigenvalue weighted by Gasteiger charge is 2.11. The summed E-state index contributed by atoms with van der Waals surface area (Å²) < 4.78 is 0. The summed E-state index contributed by atoms with van der Waals surface area (Å²) in [4.78, 5) is 4.04. The lowest BCUT2D eigenvalue weighted by molar-refractivity contribution is 0.438. The Bertz CT molecular complexity index is 244. The monoisotopic (exact) mass is 192 g/mol. The molecule has 0 radical (unpaired) electrons. The molecule has 0 amide bonds. The van der Waals surface area contributed by atoms with Crippen LogP contribution >= 0.6 is 0 Å². The smallest absolute Gasteiger partial charge is 0.0323 e. The van der Waals surface area contributed by atoms with Crippen molar-refractivity contribution in [1.29, 1.82) is 0 Å². The van der Waals surface area contributed by atoms with Crippen LogP contribution in [-0.4, -0.2) is 11.5 Å². The van der Waals surface area contributed by atoms with Crippen molar-refractivity contribution >= 4 is 0 Å². The molecule has 1 heterocycles. The number of aromatic nitrogens is 1. The normalized spacial score (nSPS) is 13.1. The molecule has 2 nitrogen and oxygen atoms in total. The lowest BCUT2D eigenvalue weighted by Gasteiger charge is -2.20. The van der Waals surface area contributed by atoms with Gasteiger partial charge in [0.05, 0.1) is 0 Å². The fourth-order valence-corrected chi connectivity index (χ4v) is 1.65. The second kappa shape index (κ2) is 5.76. The van der Waals surface area contributed by atoms with Crippen LogP contribution in [0.5, 0.6) is 0 Å². The molecule has 0 aliphatic carbocycles. The van der Waals surface area contributed by atoms with Gasteiger partial charge in [-0.25, -0.2) is 0 Å². The zero-order chi connectivity index (χ0) is 10.4. The summed E-state index contributed by atoms with van der Waals surface area (Å²) in [6.07, 6.45) is 4.90. The van der Waals surface area contributed by atoms with Crippen LogP contribution in [0.25, 0.3) is 0 Å². The average Bonchev–Trinajstić information content (AvgIpc) is 2.18. The first kappa shape index (κ1) is 11.2. The quantitative estimate of drug-likeness (QED) is 0.776. The maximum atomic E-state index is 4.04. The molecule has 1 rings (SSSR count). The number of pyridine rings is 1. The zero-order valence-electron chi connectivity index (χ0n) is 9.33. The lowest BCUT2D eigenvalue weighted by Crippen LogP contribution is -2.22. The second-order valence-corrected chi connectivity index (χ2v) is 4.02. The first-order valence-corrected chi connectivity index (χ1v) is 5.37. The number of hydrogen-bond donors (Lipinski definition) is 1. The highest BCUT2D eigenvalue weighted by atomic mass is 14.9. The van der Waals surface area contributed by atoms with Gasteiger partial charge in [0.25, 0.3) is 0 Å². The van der Waals surface area contributed by atoms with Gasteiger partial charge in [0.2, 0.25) is 0 Å². The van der Waals surface area contributed by atoms with E-state index in [-0.39, 0.29) is 0 Å². The molecule has 1 unspecified atom stereocenters. The highest BCUT2D eigenvalue weighted by Crippen LogP contribution is 2.20. The molecule has 0 aromatic carbocycles. The van der Waals surface area contributed by atoms with E-state index in [1.165, 1.54) is 12.0 Å². The molecule has 0 saturated heterocycles. The molecule has 78 valence electrons. The summed E-state index contributed by atoms with van der Waals surface area (Å²) in [6, 6.07) is 4.66. The molecule has 0 aliphatic heterocycles. The SMILES string of the molecule is CCNC(CC(C)C)c1ccncc1. The first-order valence-electron chi connectivity index (χ1n) is 5.37. The van der Waals surface area contributed by atoms with Gasteiger partial charge < -0.3 is 5.32 Å². The van der Waals surface area contributed by atoms with E-state index >= 15 is 0 Å². The van der Waals surface area contributed by atoms with Crippen LogP contribution in [0.1, 0.15) is 38.8 Å². The van der Waals surface area contributed by atoms with E-state index in [0.29, 0.717) is 12.0 Å². The maximum absolute atomic E-state index is 4.04. The lowest BCUT2D eigenvalue weighted by atomic mass is 9.98. The van der Waals surface area contributed by atoms with E-state index in [1.54, 1.807) is 0 Å². The zero-order valence-corrected chi connectivity index (χ0v) is 9.33. The first-order chi connectivity index (χ1) is 6.74. The molecule has 0 fully saturated rings. The van der Waals surface area contributed by atoms with E-state index < -0.39 is 0 Å². The molecule has 0 aliphatic rings. The molecule has 0 saturated carbocycles. The molecule has 1 aromatic rings. The standard InChI is InChI=1S/C12H20N2/c1-4-14-12(9-10(2)3)11-5-7-13-8-6-11/h5-8,10,12,14H,4,9H2,1-3H3. The average molecular weight is 192 g/mol. The van der Waals surface area contributed by atoms with Gasteiger partial charge in [0.1, 0.15) is 0 Å². The van der Waals surface area contributed by atoms with Crippen molar-refractivity contribution in [3.63, 3.8) is 0 Å². The van der Waals surface area contributed by atoms with Crippen LogP contribution in [0, 0.1) is 5.92 Å². The molecular weight excluding hydrogens is 172 g/mol. The van der Waals surface area contributed by atoms with Crippen molar-refractivity contribution in [3.8, 4) is 0 Å². The van der Waals surface area contributed by atoms with Crippen molar-refractivity contribution in [2.75, 3.05) is 6.54 Å². The van der Waals surface area contributed by atoms with Gasteiger partial charge in [-0.05, 0) is 36.6 Å². The summed E-state index contributed by atoms with van der Waals surface area (Å²) in [7, 11) is 0. The molecule has 1 aromatic heterocycles. The fourth-order valence-electron chi connectivity index (χ4n) is 1.65.